The van der Waals surface area contributed by atoms with Crippen molar-refractivity contribution in [1.29, 1.82) is 0 Å². The van der Waals surface area contributed by atoms with Crippen molar-refractivity contribution in [1.82, 2.24) is 15.2 Å². The maximum atomic E-state index is 11.4. The van der Waals surface area contributed by atoms with Crippen molar-refractivity contribution >= 4 is 6.03 Å². The average molecular weight is 253 g/mol. The molecule has 2 amide bonds. The minimum atomic E-state index is -0.481. The number of nitrogens with one attached hydrogen (secondary N) is 2. The van der Waals surface area contributed by atoms with Gasteiger partial charge >= 0.3 is 6.03 Å². The molecule has 0 bridgehead atoms. The summed E-state index contributed by atoms with van der Waals surface area (Å²) in [6.07, 6.45) is 4.32. The zero-order chi connectivity index (χ0) is 13.4. The summed E-state index contributed by atoms with van der Waals surface area (Å²) in [6, 6.07) is 3.66. The maximum absolute atomic E-state index is 11.4. The van der Waals surface area contributed by atoms with Crippen LogP contribution in [0.3, 0.4) is 0 Å². The molecule has 1 rings (SSSR count). The van der Waals surface area contributed by atoms with E-state index in [0.717, 1.165) is 13.0 Å². The Morgan fingerprint density at radius 3 is 2.61 bits per heavy atom. The zero-order valence-electron chi connectivity index (χ0n) is 11.1. The van der Waals surface area contributed by atoms with Crippen LogP contribution in [0.5, 0.6) is 0 Å². The lowest BCUT2D eigenvalue weighted by Crippen LogP contribution is -2.42. The van der Waals surface area contributed by atoms with E-state index in [0.29, 0.717) is 13.1 Å². The van der Waals surface area contributed by atoms with Crippen molar-refractivity contribution < 1.29 is 9.90 Å². The molecule has 0 aliphatic carbocycles. The normalized spacial score (nSPS) is 13.9. The minimum Gasteiger partial charge on any atom is -0.391 e. The third-order valence-corrected chi connectivity index (χ3v) is 3.09. The molecule has 102 valence electrons. The van der Waals surface area contributed by atoms with E-state index < -0.39 is 6.10 Å². The van der Waals surface area contributed by atoms with Gasteiger partial charge in [0.15, 0.2) is 0 Å². The topological polar surface area (TPSA) is 66.3 Å². The first kappa shape index (κ1) is 14.6. The number of carbonyl (C=O) groups is 1. The van der Waals surface area contributed by atoms with Gasteiger partial charge in [0.2, 0.25) is 0 Å². The fourth-order valence-corrected chi connectivity index (χ4v) is 1.55. The maximum Gasteiger partial charge on any atom is 0.314 e. The highest BCUT2D eigenvalue weighted by Gasteiger charge is 2.12. The van der Waals surface area contributed by atoms with Crippen LogP contribution in [0, 0.1) is 5.92 Å². The molecule has 0 aliphatic heterocycles. The van der Waals surface area contributed by atoms with E-state index in [2.05, 4.69) is 10.6 Å². The van der Waals surface area contributed by atoms with Crippen LogP contribution < -0.4 is 10.6 Å². The van der Waals surface area contributed by atoms with Crippen molar-refractivity contribution in [3.63, 3.8) is 0 Å². The van der Waals surface area contributed by atoms with E-state index in [1.54, 1.807) is 0 Å². The predicted molar refractivity (Wildman–Crippen MR) is 71.3 cm³/mol. The Balaban J connectivity index is 2.10. The smallest absolute Gasteiger partial charge is 0.314 e. The zero-order valence-corrected chi connectivity index (χ0v) is 11.1. The summed E-state index contributed by atoms with van der Waals surface area (Å²) in [7, 11) is 0. The molecule has 0 spiro atoms. The molecule has 1 aromatic heterocycles. The second kappa shape index (κ2) is 7.76. The molecule has 1 heterocycles. The number of aliphatic hydroxyl groups excluding tert-OH is 1. The Morgan fingerprint density at radius 1 is 1.33 bits per heavy atom. The Morgan fingerprint density at radius 2 is 2.00 bits per heavy atom. The fourth-order valence-electron chi connectivity index (χ4n) is 1.55. The molecular weight excluding hydrogens is 230 g/mol. The van der Waals surface area contributed by atoms with E-state index in [-0.39, 0.29) is 11.9 Å². The fraction of sp³-hybridized carbons (Fsp3) is 0.615. The van der Waals surface area contributed by atoms with Crippen LogP contribution in [0.25, 0.3) is 0 Å². The molecule has 3 N–H and O–H groups in total. The van der Waals surface area contributed by atoms with E-state index in [9.17, 15) is 9.90 Å². The summed E-state index contributed by atoms with van der Waals surface area (Å²) in [5.74, 6) is 0.199. The van der Waals surface area contributed by atoms with Gasteiger partial charge in [-0.3, -0.25) is 0 Å². The van der Waals surface area contributed by atoms with E-state index in [4.69, 9.17) is 0 Å². The molecule has 2 atom stereocenters. The molecule has 0 aliphatic rings. The van der Waals surface area contributed by atoms with Gasteiger partial charge in [0.25, 0.3) is 0 Å². The van der Waals surface area contributed by atoms with Crippen molar-refractivity contribution in [2.24, 2.45) is 5.92 Å². The lowest BCUT2D eigenvalue weighted by molar-refractivity contribution is 0.114. The third-order valence-electron chi connectivity index (χ3n) is 3.09. The Kier molecular flexibility index (Phi) is 6.28. The SMILES string of the molecule is CCC(C)C(O)CNC(=O)NCCn1cccc1. The summed E-state index contributed by atoms with van der Waals surface area (Å²) in [4.78, 5) is 11.4. The van der Waals surface area contributed by atoms with Gasteiger partial charge in [-0.05, 0) is 18.1 Å². The van der Waals surface area contributed by atoms with E-state index in [1.807, 2.05) is 42.9 Å². The first-order valence-corrected chi connectivity index (χ1v) is 6.44. The van der Waals surface area contributed by atoms with Gasteiger partial charge < -0.3 is 20.3 Å². The molecule has 0 saturated heterocycles. The number of hydrogen-bond donors (Lipinski definition) is 3. The third kappa shape index (κ3) is 5.23. The number of aromatic nitrogens is 1. The Labute approximate surface area is 108 Å². The first-order valence-electron chi connectivity index (χ1n) is 6.44. The Hall–Kier alpha value is -1.49. The molecule has 0 fully saturated rings. The van der Waals surface area contributed by atoms with Gasteiger partial charge in [0.05, 0.1) is 6.10 Å². The number of carbonyl (C=O) groups excluding carboxylic acids is 1. The lowest BCUT2D eigenvalue weighted by atomic mass is 10.0. The number of amides is 2. The van der Waals surface area contributed by atoms with Crippen LogP contribution in [0.4, 0.5) is 4.79 Å². The monoisotopic (exact) mass is 253 g/mol. The molecular formula is C13H23N3O2. The van der Waals surface area contributed by atoms with Crippen molar-refractivity contribution in [3.05, 3.63) is 24.5 Å². The van der Waals surface area contributed by atoms with Crippen LogP contribution in [0.1, 0.15) is 20.3 Å². The number of nitrogens with zero attached hydrogens (tertiary/aromatic N) is 1. The van der Waals surface area contributed by atoms with Crippen molar-refractivity contribution in [3.8, 4) is 0 Å². The largest absolute Gasteiger partial charge is 0.391 e. The molecule has 5 nitrogen and oxygen atoms in total. The summed E-state index contributed by atoms with van der Waals surface area (Å²) >= 11 is 0. The molecule has 0 aromatic carbocycles. The van der Waals surface area contributed by atoms with Gasteiger partial charge in [0, 0.05) is 32.0 Å². The highest BCUT2D eigenvalue weighted by molar-refractivity contribution is 5.73. The molecule has 18 heavy (non-hydrogen) atoms. The minimum absolute atomic E-state index is 0.199. The standard InChI is InChI=1S/C13H23N3O2/c1-3-11(2)12(17)10-15-13(18)14-6-9-16-7-4-5-8-16/h4-5,7-8,11-12,17H,3,6,9-10H2,1-2H3,(H2,14,15,18). The summed E-state index contributed by atoms with van der Waals surface area (Å²) in [5, 5.41) is 15.1. The number of aliphatic hydroxyl groups is 1. The Bertz CT molecular complexity index is 338. The highest BCUT2D eigenvalue weighted by atomic mass is 16.3. The van der Waals surface area contributed by atoms with Gasteiger partial charge in [0.1, 0.15) is 0 Å². The lowest BCUT2D eigenvalue weighted by Gasteiger charge is -2.17. The quantitative estimate of drug-likeness (QED) is 0.683. The van der Waals surface area contributed by atoms with Crippen LogP contribution in [-0.2, 0) is 6.54 Å². The van der Waals surface area contributed by atoms with Crippen LogP contribution in [0.2, 0.25) is 0 Å². The summed E-state index contributed by atoms with van der Waals surface area (Å²) in [5.41, 5.74) is 0. The van der Waals surface area contributed by atoms with E-state index in [1.165, 1.54) is 0 Å². The van der Waals surface area contributed by atoms with Crippen LogP contribution in [0.15, 0.2) is 24.5 Å². The second-order valence-corrected chi connectivity index (χ2v) is 4.51. The molecule has 1 aromatic rings. The molecule has 2 unspecified atom stereocenters. The van der Waals surface area contributed by atoms with Crippen LogP contribution >= 0.6 is 0 Å². The van der Waals surface area contributed by atoms with Gasteiger partial charge in [-0.25, -0.2) is 4.79 Å². The molecule has 5 heteroatoms. The highest BCUT2D eigenvalue weighted by Crippen LogP contribution is 2.05. The molecule has 0 radical (unpaired) electrons. The summed E-state index contributed by atoms with van der Waals surface area (Å²) < 4.78 is 1.99. The first-order chi connectivity index (χ1) is 8.63. The van der Waals surface area contributed by atoms with Gasteiger partial charge in [-0.15, -0.1) is 0 Å². The number of hydrogen-bond acceptors (Lipinski definition) is 2. The summed E-state index contributed by atoms with van der Waals surface area (Å²) in [6.45, 7) is 5.60. The average Bonchev–Trinajstić information content (AvgIpc) is 2.88. The van der Waals surface area contributed by atoms with Gasteiger partial charge in [-0.1, -0.05) is 20.3 Å². The van der Waals surface area contributed by atoms with Crippen LogP contribution in [-0.4, -0.2) is 34.9 Å². The number of urea groups is 1. The molecule has 0 saturated carbocycles. The van der Waals surface area contributed by atoms with Crippen molar-refractivity contribution in [2.75, 3.05) is 13.1 Å². The van der Waals surface area contributed by atoms with Crippen molar-refractivity contribution in [2.45, 2.75) is 32.9 Å². The second-order valence-electron chi connectivity index (χ2n) is 4.51. The predicted octanol–water partition coefficient (Wildman–Crippen LogP) is 1.19. The van der Waals surface area contributed by atoms with E-state index >= 15 is 0 Å². The number of rotatable bonds is 7. The van der Waals surface area contributed by atoms with Gasteiger partial charge in [-0.2, -0.15) is 0 Å².